The zero-order chi connectivity index (χ0) is 9.97. The van der Waals surface area contributed by atoms with E-state index >= 15 is 0 Å². The highest BCUT2D eigenvalue weighted by Crippen LogP contribution is 2.50. The summed E-state index contributed by atoms with van der Waals surface area (Å²) < 4.78 is 5.62. The fraction of sp³-hybridized carbons (Fsp3) is 0.538. The Morgan fingerprint density at radius 3 is 2.71 bits per heavy atom. The van der Waals surface area contributed by atoms with Crippen LogP contribution >= 0.6 is 0 Å². The standard InChI is InChI=1S/C13H18O/c1-3-14-10(2)12-9-13(12)11-7-5-4-6-8-11/h4-8,10,12-13H,3,9H2,1-2H3/t10-,12-,13+/m1/s1. The smallest absolute Gasteiger partial charge is 0.0581 e. The van der Waals surface area contributed by atoms with E-state index < -0.39 is 0 Å². The predicted molar refractivity (Wildman–Crippen MR) is 58.4 cm³/mol. The predicted octanol–water partition coefficient (Wildman–Crippen LogP) is 3.22. The van der Waals surface area contributed by atoms with Crippen LogP contribution in [0.3, 0.4) is 0 Å². The van der Waals surface area contributed by atoms with Crippen molar-refractivity contribution in [2.24, 2.45) is 5.92 Å². The summed E-state index contributed by atoms with van der Waals surface area (Å²) in [6.07, 6.45) is 1.72. The molecule has 1 aromatic rings. The fourth-order valence-electron chi connectivity index (χ4n) is 2.20. The highest BCUT2D eigenvalue weighted by atomic mass is 16.5. The van der Waals surface area contributed by atoms with Crippen molar-refractivity contribution in [3.8, 4) is 0 Å². The van der Waals surface area contributed by atoms with Crippen molar-refractivity contribution >= 4 is 0 Å². The Bertz CT molecular complexity index is 281. The van der Waals surface area contributed by atoms with Crippen LogP contribution in [0.25, 0.3) is 0 Å². The van der Waals surface area contributed by atoms with E-state index in [4.69, 9.17) is 4.74 Å². The largest absolute Gasteiger partial charge is 0.378 e. The first kappa shape index (κ1) is 9.72. The summed E-state index contributed by atoms with van der Waals surface area (Å²) in [7, 11) is 0. The van der Waals surface area contributed by atoms with E-state index in [1.165, 1.54) is 12.0 Å². The summed E-state index contributed by atoms with van der Waals surface area (Å²) in [5, 5.41) is 0. The molecule has 1 aliphatic rings. The molecule has 76 valence electrons. The monoisotopic (exact) mass is 190 g/mol. The first-order valence-corrected chi connectivity index (χ1v) is 5.49. The summed E-state index contributed by atoms with van der Waals surface area (Å²) >= 11 is 0. The van der Waals surface area contributed by atoms with E-state index in [0.29, 0.717) is 6.10 Å². The van der Waals surface area contributed by atoms with E-state index in [0.717, 1.165) is 18.4 Å². The van der Waals surface area contributed by atoms with Crippen LogP contribution in [0.1, 0.15) is 31.7 Å². The Labute approximate surface area is 86.1 Å². The number of rotatable bonds is 4. The molecule has 0 aromatic heterocycles. The molecule has 1 saturated carbocycles. The summed E-state index contributed by atoms with van der Waals surface area (Å²) in [5.74, 6) is 1.50. The topological polar surface area (TPSA) is 9.23 Å². The van der Waals surface area contributed by atoms with E-state index in [1.807, 2.05) is 0 Å². The van der Waals surface area contributed by atoms with Crippen LogP contribution in [-0.2, 0) is 4.74 Å². The number of hydrogen-bond donors (Lipinski definition) is 0. The molecule has 1 nitrogen and oxygen atoms in total. The first-order chi connectivity index (χ1) is 6.83. The van der Waals surface area contributed by atoms with E-state index in [1.54, 1.807) is 0 Å². The molecular formula is C13H18O. The average molecular weight is 190 g/mol. The second-order valence-electron chi connectivity index (χ2n) is 4.08. The molecule has 0 heterocycles. The Balaban J connectivity index is 1.93. The Morgan fingerprint density at radius 2 is 2.07 bits per heavy atom. The van der Waals surface area contributed by atoms with Gasteiger partial charge in [-0.25, -0.2) is 0 Å². The Kier molecular flexibility index (Phi) is 2.87. The lowest BCUT2D eigenvalue weighted by Gasteiger charge is -2.10. The minimum Gasteiger partial charge on any atom is -0.378 e. The number of benzene rings is 1. The molecule has 0 saturated heterocycles. The third kappa shape index (κ3) is 1.98. The molecule has 0 unspecified atom stereocenters. The Morgan fingerprint density at radius 1 is 1.36 bits per heavy atom. The maximum atomic E-state index is 5.62. The van der Waals surface area contributed by atoms with Gasteiger partial charge in [0.05, 0.1) is 6.10 Å². The molecular weight excluding hydrogens is 172 g/mol. The van der Waals surface area contributed by atoms with Crippen LogP contribution in [0.4, 0.5) is 0 Å². The normalized spacial score (nSPS) is 27.3. The lowest BCUT2D eigenvalue weighted by Crippen LogP contribution is -2.11. The van der Waals surface area contributed by atoms with Gasteiger partial charge in [0.1, 0.15) is 0 Å². The second-order valence-corrected chi connectivity index (χ2v) is 4.08. The van der Waals surface area contributed by atoms with Crippen molar-refractivity contribution in [1.29, 1.82) is 0 Å². The second kappa shape index (κ2) is 4.14. The fourth-order valence-corrected chi connectivity index (χ4v) is 2.20. The average Bonchev–Trinajstić information content (AvgIpc) is 2.99. The summed E-state index contributed by atoms with van der Waals surface area (Å²) in [6, 6.07) is 10.8. The van der Waals surface area contributed by atoms with Gasteiger partial charge in [0.2, 0.25) is 0 Å². The van der Waals surface area contributed by atoms with Crippen molar-refractivity contribution in [3.63, 3.8) is 0 Å². The van der Waals surface area contributed by atoms with Gasteiger partial charge >= 0.3 is 0 Å². The van der Waals surface area contributed by atoms with Crippen LogP contribution in [0.5, 0.6) is 0 Å². The van der Waals surface area contributed by atoms with E-state index in [9.17, 15) is 0 Å². The van der Waals surface area contributed by atoms with Gasteiger partial charge in [-0.05, 0) is 37.7 Å². The van der Waals surface area contributed by atoms with Gasteiger partial charge in [0.25, 0.3) is 0 Å². The zero-order valence-electron chi connectivity index (χ0n) is 8.94. The summed E-state index contributed by atoms with van der Waals surface area (Å²) in [4.78, 5) is 0. The lowest BCUT2D eigenvalue weighted by atomic mass is 10.1. The van der Waals surface area contributed by atoms with Crippen molar-refractivity contribution in [2.45, 2.75) is 32.3 Å². The van der Waals surface area contributed by atoms with Crippen LogP contribution in [0.2, 0.25) is 0 Å². The summed E-state index contributed by atoms with van der Waals surface area (Å²) in [5.41, 5.74) is 1.48. The lowest BCUT2D eigenvalue weighted by molar-refractivity contribution is 0.0594. The van der Waals surface area contributed by atoms with E-state index in [-0.39, 0.29) is 0 Å². The molecule has 0 spiro atoms. The van der Waals surface area contributed by atoms with Gasteiger partial charge in [-0.15, -0.1) is 0 Å². The molecule has 0 aliphatic heterocycles. The summed E-state index contributed by atoms with van der Waals surface area (Å²) in [6.45, 7) is 5.09. The minimum absolute atomic E-state index is 0.421. The molecule has 1 fully saturated rings. The molecule has 3 atom stereocenters. The molecule has 1 heteroatoms. The maximum absolute atomic E-state index is 5.62. The first-order valence-electron chi connectivity index (χ1n) is 5.49. The van der Waals surface area contributed by atoms with Crippen LogP contribution in [-0.4, -0.2) is 12.7 Å². The SMILES string of the molecule is CCO[C@H](C)[C@H]1C[C@H]1c1ccccc1. The van der Waals surface area contributed by atoms with Crippen molar-refractivity contribution in [2.75, 3.05) is 6.61 Å². The molecule has 1 aromatic carbocycles. The minimum atomic E-state index is 0.421. The molecule has 1 aliphatic carbocycles. The number of hydrogen-bond acceptors (Lipinski definition) is 1. The van der Waals surface area contributed by atoms with Crippen LogP contribution in [0.15, 0.2) is 30.3 Å². The van der Waals surface area contributed by atoms with Crippen LogP contribution < -0.4 is 0 Å². The molecule has 0 bridgehead atoms. The zero-order valence-corrected chi connectivity index (χ0v) is 8.94. The van der Waals surface area contributed by atoms with Gasteiger partial charge < -0.3 is 4.74 Å². The molecule has 0 N–H and O–H groups in total. The van der Waals surface area contributed by atoms with Gasteiger partial charge in [-0.2, -0.15) is 0 Å². The third-order valence-electron chi connectivity index (χ3n) is 3.10. The van der Waals surface area contributed by atoms with Crippen molar-refractivity contribution < 1.29 is 4.74 Å². The van der Waals surface area contributed by atoms with E-state index in [2.05, 4.69) is 44.2 Å². The van der Waals surface area contributed by atoms with Gasteiger partial charge in [0.15, 0.2) is 0 Å². The van der Waals surface area contributed by atoms with Crippen LogP contribution in [0, 0.1) is 5.92 Å². The van der Waals surface area contributed by atoms with Gasteiger partial charge in [-0.3, -0.25) is 0 Å². The Hall–Kier alpha value is -0.820. The maximum Gasteiger partial charge on any atom is 0.0581 e. The molecule has 2 rings (SSSR count). The highest BCUT2D eigenvalue weighted by Gasteiger charge is 2.42. The highest BCUT2D eigenvalue weighted by molar-refractivity contribution is 5.26. The molecule has 0 radical (unpaired) electrons. The quantitative estimate of drug-likeness (QED) is 0.708. The van der Waals surface area contributed by atoms with Crippen molar-refractivity contribution in [3.05, 3.63) is 35.9 Å². The molecule has 0 amide bonds. The third-order valence-corrected chi connectivity index (χ3v) is 3.10. The van der Waals surface area contributed by atoms with Gasteiger partial charge in [0, 0.05) is 6.61 Å². The van der Waals surface area contributed by atoms with Gasteiger partial charge in [-0.1, -0.05) is 30.3 Å². The molecule has 14 heavy (non-hydrogen) atoms. The number of ether oxygens (including phenoxy) is 1. The van der Waals surface area contributed by atoms with Crippen molar-refractivity contribution in [1.82, 2.24) is 0 Å².